The molecule has 0 saturated heterocycles. The van der Waals surface area contributed by atoms with Crippen LogP contribution in [0.5, 0.6) is 0 Å². The second kappa shape index (κ2) is 7.84. The Morgan fingerprint density at radius 1 is 0.463 bits per heavy atom. The maximum Gasteiger partial charge on any atom is 0.207 e. The molecule has 0 unspecified atom stereocenters. The molecule has 0 bridgehead atoms. The van der Waals surface area contributed by atoms with E-state index in [0.29, 0.717) is 9.79 Å². The predicted molar refractivity (Wildman–Crippen MR) is 164 cm³/mol. The predicted octanol–water partition coefficient (Wildman–Crippen LogP) is 8.29. The standard InChI is InChI=1S/C37H23NO2S/c39-41(40)35-21-11-9-19-31(35)37(29-17-7-4-14-25(29)26-15-5-8-18-30(26)37)32-23-34-28(22-36(32)41)27-16-6-10-20-33(27)38(34)24-12-2-1-3-13-24/h1-23H. The quantitative estimate of drug-likeness (QED) is 0.208. The molecule has 6 aromatic carbocycles. The monoisotopic (exact) mass is 545 g/mol. The zero-order chi connectivity index (χ0) is 27.3. The number of benzene rings is 6. The summed E-state index contributed by atoms with van der Waals surface area (Å²) < 4.78 is 31.3. The normalized spacial score (nSPS) is 15.4. The van der Waals surface area contributed by atoms with Gasteiger partial charge in [-0.25, -0.2) is 8.42 Å². The molecule has 9 rings (SSSR count). The summed E-state index contributed by atoms with van der Waals surface area (Å²) in [6, 6.07) is 47.2. The summed E-state index contributed by atoms with van der Waals surface area (Å²) in [7, 11) is -3.79. The van der Waals surface area contributed by atoms with Gasteiger partial charge in [0.15, 0.2) is 0 Å². The lowest BCUT2D eigenvalue weighted by Crippen LogP contribution is -2.36. The first-order chi connectivity index (χ1) is 20.1. The number of para-hydroxylation sites is 2. The maximum absolute atomic E-state index is 14.5. The summed E-state index contributed by atoms with van der Waals surface area (Å²) >= 11 is 0. The van der Waals surface area contributed by atoms with Gasteiger partial charge in [-0.2, -0.15) is 0 Å². The minimum absolute atomic E-state index is 0.380. The number of rotatable bonds is 1. The number of hydrogen-bond donors (Lipinski definition) is 0. The zero-order valence-corrected chi connectivity index (χ0v) is 22.8. The van der Waals surface area contributed by atoms with Crippen LogP contribution in [-0.2, 0) is 15.3 Å². The van der Waals surface area contributed by atoms with E-state index in [1.807, 2.05) is 54.6 Å². The van der Waals surface area contributed by atoms with Crippen molar-refractivity contribution in [3.05, 3.63) is 162 Å². The summed E-state index contributed by atoms with van der Waals surface area (Å²) in [6.07, 6.45) is 0. The maximum atomic E-state index is 14.5. The molecular weight excluding hydrogens is 522 g/mol. The molecule has 2 aliphatic rings. The minimum atomic E-state index is -3.79. The summed E-state index contributed by atoms with van der Waals surface area (Å²) in [5.74, 6) is 0. The van der Waals surface area contributed by atoms with Crippen LogP contribution in [0.3, 0.4) is 0 Å². The number of fused-ring (bicyclic) bond motifs is 12. The molecule has 0 fully saturated rings. The van der Waals surface area contributed by atoms with Gasteiger partial charge in [-0.1, -0.05) is 103 Å². The van der Waals surface area contributed by atoms with Crippen molar-refractivity contribution in [1.82, 2.24) is 4.57 Å². The van der Waals surface area contributed by atoms with E-state index in [2.05, 4.69) is 83.4 Å². The highest BCUT2D eigenvalue weighted by molar-refractivity contribution is 7.91. The molecule has 1 aliphatic carbocycles. The molecule has 4 heteroatoms. The average molecular weight is 546 g/mol. The number of sulfone groups is 1. The number of nitrogens with zero attached hydrogens (tertiary/aromatic N) is 1. The third-order valence-corrected chi connectivity index (χ3v) is 10.9. The molecule has 2 heterocycles. The van der Waals surface area contributed by atoms with E-state index in [1.165, 1.54) is 0 Å². The average Bonchev–Trinajstić information content (AvgIpc) is 3.51. The zero-order valence-electron chi connectivity index (χ0n) is 22.0. The third-order valence-electron chi connectivity index (χ3n) is 9.01. The van der Waals surface area contributed by atoms with Crippen LogP contribution >= 0.6 is 0 Å². The van der Waals surface area contributed by atoms with Crippen LogP contribution in [0.4, 0.5) is 0 Å². The Morgan fingerprint density at radius 2 is 1.05 bits per heavy atom. The molecular formula is C37H23NO2S. The van der Waals surface area contributed by atoms with Gasteiger partial charge < -0.3 is 4.57 Å². The Morgan fingerprint density at radius 3 is 1.78 bits per heavy atom. The molecule has 3 nitrogen and oxygen atoms in total. The molecule has 194 valence electrons. The van der Waals surface area contributed by atoms with E-state index in [4.69, 9.17) is 0 Å². The fourth-order valence-electron chi connectivity index (χ4n) is 7.46. The van der Waals surface area contributed by atoms with Gasteiger partial charge in [-0.05, 0) is 69.8 Å². The van der Waals surface area contributed by atoms with Gasteiger partial charge in [0.25, 0.3) is 0 Å². The van der Waals surface area contributed by atoms with Crippen molar-refractivity contribution in [2.45, 2.75) is 15.2 Å². The molecule has 1 spiro atoms. The van der Waals surface area contributed by atoms with Crippen molar-refractivity contribution in [1.29, 1.82) is 0 Å². The van der Waals surface area contributed by atoms with Gasteiger partial charge >= 0.3 is 0 Å². The summed E-state index contributed by atoms with van der Waals surface area (Å²) in [5, 5.41) is 1.96. The van der Waals surface area contributed by atoms with Crippen LogP contribution < -0.4 is 0 Å². The Labute approximate surface area is 237 Å². The van der Waals surface area contributed by atoms with Crippen molar-refractivity contribution in [3.63, 3.8) is 0 Å². The van der Waals surface area contributed by atoms with E-state index < -0.39 is 15.3 Å². The van der Waals surface area contributed by atoms with Crippen LogP contribution in [0.2, 0.25) is 0 Å². The lowest BCUT2D eigenvalue weighted by molar-refractivity contribution is 0.581. The molecule has 0 radical (unpaired) electrons. The molecule has 0 amide bonds. The van der Waals surface area contributed by atoms with Crippen molar-refractivity contribution in [3.8, 4) is 16.8 Å². The van der Waals surface area contributed by atoms with Crippen LogP contribution in [0, 0.1) is 0 Å². The fraction of sp³-hybridized carbons (Fsp3) is 0.0270. The SMILES string of the molecule is O=S1(=O)c2ccccc2C2(c3ccccc3-c3ccccc32)c2cc3c(cc21)c1ccccc1n3-c1ccccc1. The molecule has 0 saturated carbocycles. The molecule has 7 aromatic rings. The van der Waals surface area contributed by atoms with Crippen molar-refractivity contribution < 1.29 is 8.42 Å². The first kappa shape index (κ1) is 22.8. The fourth-order valence-corrected chi connectivity index (χ4v) is 9.24. The molecule has 0 atom stereocenters. The van der Waals surface area contributed by atoms with E-state index in [1.54, 1.807) is 6.07 Å². The van der Waals surface area contributed by atoms with Crippen LogP contribution in [0.25, 0.3) is 38.6 Å². The van der Waals surface area contributed by atoms with Gasteiger partial charge in [-0.3, -0.25) is 0 Å². The minimum Gasteiger partial charge on any atom is -0.309 e. The first-order valence-electron chi connectivity index (χ1n) is 13.8. The first-order valence-corrected chi connectivity index (χ1v) is 15.3. The third kappa shape index (κ3) is 2.71. The Hall–Kier alpha value is -4.93. The second-order valence-electron chi connectivity index (χ2n) is 10.9. The van der Waals surface area contributed by atoms with Crippen LogP contribution in [0.15, 0.2) is 149 Å². The Bertz CT molecular complexity index is 2290. The smallest absolute Gasteiger partial charge is 0.207 e. The van der Waals surface area contributed by atoms with Crippen LogP contribution in [-0.4, -0.2) is 13.0 Å². The second-order valence-corrected chi connectivity index (χ2v) is 12.8. The Balaban J connectivity index is 1.54. The highest BCUT2D eigenvalue weighted by atomic mass is 32.2. The molecule has 41 heavy (non-hydrogen) atoms. The molecule has 1 aliphatic heterocycles. The van der Waals surface area contributed by atoms with E-state index >= 15 is 0 Å². The topological polar surface area (TPSA) is 39.1 Å². The van der Waals surface area contributed by atoms with Gasteiger partial charge in [0.1, 0.15) is 0 Å². The van der Waals surface area contributed by atoms with Crippen molar-refractivity contribution >= 4 is 31.6 Å². The Kier molecular flexibility index (Phi) is 4.37. The van der Waals surface area contributed by atoms with Crippen molar-refractivity contribution in [2.75, 3.05) is 0 Å². The van der Waals surface area contributed by atoms with E-state index in [0.717, 1.165) is 60.9 Å². The van der Waals surface area contributed by atoms with E-state index in [-0.39, 0.29) is 0 Å². The van der Waals surface area contributed by atoms with E-state index in [9.17, 15) is 8.42 Å². The highest BCUT2D eigenvalue weighted by Crippen LogP contribution is 2.61. The van der Waals surface area contributed by atoms with Crippen molar-refractivity contribution in [2.24, 2.45) is 0 Å². The van der Waals surface area contributed by atoms with Crippen LogP contribution in [0.1, 0.15) is 22.3 Å². The van der Waals surface area contributed by atoms with Gasteiger partial charge in [0.05, 0.1) is 26.2 Å². The molecule has 1 aromatic heterocycles. The lowest BCUT2D eigenvalue weighted by Gasteiger charge is -2.39. The summed E-state index contributed by atoms with van der Waals surface area (Å²) in [5.41, 5.74) is 8.46. The lowest BCUT2D eigenvalue weighted by atomic mass is 9.67. The summed E-state index contributed by atoms with van der Waals surface area (Å²) in [6.45, 7) is 0. The number of hydrogen-bond acceptors (Lipinski definition) is 2. The molecule has 0 N–H and O–H groups in total. The largest absolute Gasteiger partial charge is 0.309 e. The van der Waals surface area contributed by atoms with Gasteiger partial charge in [0, 0.05) is 16.5 Å². The highest BCUT2D eigenvalue weighted by Gasteiger charge is 2.53. The van der Waals surface area contributed by atoms with Gasteiger partial charge in [-0.15, -0.1) is 0 Å². The summed E-state index contributed by atoms with van der Waals surface area (Å²) in [4.78, 5) is 0.760. The van der Waals surface area contributed by atoms with Gasteiger partial charge in [0.2, 0.25) is 9.84 Å². The number of aromatic nitrogens is 1.